The van der Waals surface area contributed by atoms with Crippen molar-refractivity contribution >= 4 is 34.6 Å². The number of anilines is 2. The van der Waals surface area contributed by atoms with E-state index in [0.717, 1.165) is 31.5 Å². The second-order valence-electron chi connectivity index (χ2n) is 7.96. The number of thiophene rings is 1. The van der Waals surface area contributed by atoms with Crippen LogP contribution < -0.4 is 10.2 Å². The molecule has 0 spiro atoms. The van der Waals surface area contributed by atoms with Gasteiger partial charge in [0.15, 0.2) is 6.61 Å². The molecule has 6 heteroatoms. The van der Waals surface area contributed by atoms with Crippen LogP contribution in [0.5, 0.6) is 0 Å². The van der Waals surface area contributed by atoms with Gasteiger partial charge < -0.3 is 15.0 Å². The number of nitrogens with one attached hydrogen (secondary N) is 1. The number of rotatable bonds is 7. The van der Waals surface area contributed by atoms with Gasteiger partial charge in [-0.2, -0.15) is 0 Å². The molecule has 2 aromatic rings. The van der Waals surface area contributed by atoms with Crippen LogP contribution in [-0.2, 0) is 22.4 Å². The minimum Gasteiger partial charge on any atom is -0.451 e. The number of carbonyl (C=O) groups excluding carboxylic acids is 2. The van der Waals surface area contributed by atoms with E-state index in [-0.39, 0.29) is 12.5 Å². The van der Waals surface area contributed by atoms with Crippen LogP contribution >= 0.6 is 11.3 Å². The number of carbonyl (C=O) groups is 2. The molecule has 1 aromatic heterocycles. The number of hydrogen-bond donors (Lipinski definition) is 1. The Labute approximate surface area is 177 Å². The largest absolute Gasteiger partial charge is 0.451 e. The Balaban J connectivity index is 1.51. The Morgan fingerprint density at radius 3 is 2.66 bits per heavy atom. The zero-order valence-corrected chi connectivity index (χ0v) is 18.5. The van der Waals surface area contributed by atoms with Crippen molar-refractivity contribution in [1.29, 1.82) is 0 Å². The fourth-order valence-corrected chi connectivity index (χ4v) is 4.89. The van der Waals surface area contributed by atoms with E-state index in [2.05, 4.69) is 37.9 Å². The summed E-state index contributed by atoms with van der Waals surface area (Å²) in [4.78, 5) is 28.6. The van der Waals surface area contributed by atoms with E-state index in [0.29, 0.717) is 22.5 Å². The third kappa shape index (κ3) is 5.38. The number of ether oxygens (including phenoxy) is 1. The minimum atomic E-state index is -0.418. The second kappa shape index (κ2) is 9.44. The van der Waals surface area contributed by atoms with E-state index >= 15 is 0 Å². The highest BCUT2D eigenvalue weighted by Crippen LogP contribution is 2.32. The Bertz CT molecular complexity index is 858. The molecule has 1 atom stereocenters. The molecule has 0 saturated carbocycles. The van der Waals surface area contributed by atoms with Crippen LogP contribution in [0.1, 0.15) is 54.2 Å². The molecule has 0 radical (unpaired) electrons. The monoisotopic (exact) mass is 414 g/mol. The predicted molar refractivity (Wildman–Crippen MR) is 119 cm³/mol. The zero-order chi connectivity index (χ0) is 21.0. The third-order valence-electron chi connectivity index (χ3n) is 5.31. The molecule has 1 N–H and O–H groups in total. The first-order chi connectivity index (χ1) is 13.9. The average Bonchev–Trinajstić information content (AvgIpc) is 3.11. The van der Waals surface area contributed by atoms with Crippen molar-refractivity contribution in [1.82, 2.24) is 0 Å². The Morgan fingerprint density at radius 2 is 2.00 bits per heavy atom. The summed E-state index contributed by atoms with van der Waals surface area (Å²) in [6.45, 7) is 9.29. The van der Waals surface area contributed by atoms with Crippen molar-refractivity contribution in [3.63, 3.8) is 0 Å². The van der Waals surface area contributed by atoms with E-state index in [1.54, 1.807) is 0 Å². The first-order valence-corrected chi connectivity index (χ1v) is 11.1. The summed E-state index contributed by atoms with van der Waals surface area (Å²) < 4.78 is 5.23. The number of hydrogen-bond acceptors (Lipinski definition) is 5. The summed E-state index contributed by atoms with van der Waals surface area (Å²) in [6, 6.07) is 10.1. The van der Waals surface area contributed by atoms with Gasteiger partial charge in [-0.3, -0.25) is 4.79 Å². The Hall–Kier alpha value is -2.34. The van der Waals surface area contributed by atoms with E-state index < -0.39 is 5.97 Å². The first kappa shape index (κ1) is 21.4. The standard InChI is InChI=1S/C23H30N2O3S/c1-5-25(15(2)3)19-9-7-18(8-10-19)24-22(26)14-28-23(27)21-13-17-12-16(4)6-11-20(17)29-21/h7-10,13,15-16H,5-6,11-12,14H2,1-4H3,(H,24,26). The lowest BCUT2D eigenvalue weighted by Crippen LogP contribution is -2.30. The van der Waals surface area contributed by atoms with Crippen molar-refractivity contribution < 1.29 is 14.3 Å². The molecular formula is C23H30N2O3S. The lowest BCUT2D eigenvalue weighted by Gasteiger charge is -2.27. The van der Waals surface area contributed by atoms with Gasteiger partial charge in [-0.05, 0) is 81.8 Å². The van der Waals surface area contributed by atoms with Gasteiger partial charge in [-0.15, -0.1) is 11.3 Å². The minimum absolute atomic E-state index is 0.285. The lowest BCUT2D eigenvalue weighted by molar-refractivity contribution is -0.119. The molecule has 1 amide bonds. The summed E-state index contributed by atoms with van der Waals surface area (Å²) in [5.74, 6) is -0.0987. The number of benzene rings is 1. The molecular weight excluding hydrogens is 384 g/mol. The molecule has 1 aliphatic carbocycles. The summed E-state index contributed by atoms with van der Waals surface area (Å²) in [5, 5.41) is 2.79. The fraction of sp³-hybridized carbons (Fsp3) is 0.478. The van der Waals surface area contributed by atoms with Crippen LogP contribution in [0.3, 0.4) is 0 Å². The molecule has 0 aliphatic heterocycles. The maximum Gasteiger partial charge on any atom is 0.348 e. The van der Waals surface area contributed by atoms with E-state index in [9.17, 15) is 9.59 Å². The maximum absolute atomic E-state index is 12.3. The molecule has 0 saturated heterocycles. The number of fused-ring (bicyclic) bond motifs is 1. The van der Waals surface area contributed by atoms with Gasteiger partial charge in [0.05, 0.1) is 0 Å². The topological polar surface area (TPSA) is 58.6 Å². The quantitative estimate of drug-likeness (QED) is 0.655. The molecule has 1 unspecified atom stereocenters. The molecule has 1 heterocycles. The highest BCUT2D eigenvalue weighted by molar-refractivity contribution is 7.14. The van der Waals surface area contributed by atoms with E-state index in [4.69, 9.17) is 4.74 Å². The smallest absolute Gasteiger partial charge is 0.348 e. The van der Waals surface area contributed by atoms with Gasteiger partial charge in [0.1, 0.15) is 4.88 Å². The average molecular weight is 415 g/mol. The highest BCUT2D eigenvalue weighted by Gasteiger charge is 2.21. The van der Waals surface area contributed by atoms with Gasteiger partial charge in [0, 0.05) is 28.8 Å². The van der Waals surface area contributed by atoms with Gasteiger partial charge in [-0.1, -0.05) is 6.92 Å². The maximum atomic E-state index is 12.3. The van der Waals surface area contributed by atoms with Crippen molar-refractivity contribution in [2.75, 3.05) is 23.4 Å². The summed E-state index contributed by atoms with van der Waals surface area (Å²) in [7, 11) is 0. The molecule has 1 aliphatic rings. The molecule has 5 nitrogen and oxygen atoms in total. The van der Waals surface area contributed by atoms with Crippen molar-refractivity contribution in [2.24, 2.45) is 5.92 Å². The van der Waals surface area contributed by atoms with E-state index in [1.165, 1.54) is 21.8 Å². The van der Waals surface area contributed by atoms with Gasteiger partial charge in [0.25, 0.3) is 5.91 Å². The van der Waals surface area contributed by atoms with Crippen LogP contribution in [-0.4, -0.2) is 31.1 Å². The van der Waals surface area contributed by atoms with Gasteiger partial charge >= 0.3 is 5.97 Å². The predicted octanol–water partition coefficient (Wildman–Crippen LogP) is 4.90. The Morgan fingerprint density at radius 1 is 1.28 bits per heavy atom. The molecule has 0 fully saturated rings. The van der Waals surface area contributed by atoms with Crippen LogP contribution in [0.15, 0.2) is 30.3 Å². The molecule has 0 bridgehead atoms. The van der Waals surface area contributed by atoms with Crippen molar-refractivity contribution in [2.45, 2.75) is 53.0 Å². The first-order valence-electron chi connectivity index (χ1n) is 10.3. The summed E-state index contributed by atoms with van der Waals surface area (Å²) in [5.41, 5.74) is 3.06. The second-order valence-corrected chi connectivity index (χ2v) is 9.09. The number of nitrogens with zero attached hydrogens (tertiary/aromatic N) is 1. The molecule has 29 heavy (non-hydrogen) atoms. The number of aryl methyl sites for hydroxylation is 1. The van der Waals surface area contributed by atoms with Crippen LogP contribution in [0, 0.1) is 5.92 Å². The number of amides is 1. The van der Waals surface area contributed by atoms with Crippen LogP contribution in [0.4, 0.5) is 11.4 Å². The SMILES string of the molecule is CCN(c1ccc(NC(=O)COC(=O)c2cc3c(s2)CCC(C)C3)cc1)C(C)C. The molecule has 1 aromatic carbocycles. The third-order valence-corrected chi connectivity index (χ3v) is 6.53. The normalized spacial score (nSPS) is 15.7. The molecule has 3 rings (SSSR count). The van der Waals surface area contributed by atoms with Crippen molar-refractivity contribution in [3.05, 3.63) is 45.6 Å². The summed E-state index contributed by atoms with van der Waals surface area (Å²) >= 11 is 1.50. The Kier molecular flexibility index (Phi) is 6.96. The zero-order valence-electron chi connectivity index (χ0n) is 17.7. The van der Waals surface area contributed by atoms with Gasteiger partial charge in [0.2, 0.25) is 0 Å². The molecule has 156 valence electrons. The summed E-state index contributed by atoms with van der Waals surface area (Å²) in [6.07, 6.45) is 3.20. The van der Waals surface area contributed by atoms with Crippen LogP contribution in [0.25, 0.3) is 0 Å². The fourth-order valence-electron chi connectivity index (χ4n) is 3.79. The number of esters is 1. The van der Waals surface area contributed by atoms with Crippen LogP contribution in [0.2, 0.25) is 0 Å². The highest BCUT2D eigenvalue weighted by atomic mass is 32.1. The van der Waals surface area contributed by atoms with Gasteiger partial charge in [-0.25, -0.2) is 4.79 Å². The lowest BCUT2D eigenvalue weighted by atomic mass is 9.90. The van der Waals surface area contributed by atoms with E-state index in [1.807, 2.05) is 30.3 Å². The van der Waals surface area contributed by atoms with Crippen molar-refractivity contribution in [3.8, 4) is 0 Å².